The summed E-state index contributed by atoms with van der Waals surface area (Å²) in [7, 11) is 1.92. The monoisotopic (exact) mass is 291 g/mol. The van der Waals surface area contributed by atoms with E-state index in [0.29, 0.717) is 24.3 Å². The van der Waals surface area contributed by atoms with Crippen LogP contribution in [0, 0.1) is 0 Å². The van der Waals surface area contributed by atoms with Crippen LogP contribution in [-0.4, -0.2) is 36.8 Å². The molecule has 0 aromatic heterocycles. The molecule has 116 valence electrons. The minimum absolute atomic E-state index is 0.118. The molecule has 0 atom stereocenters. The Kier molecular flexibility index (Phi) is 4.73. The molecule has 0 heterocycles. The third-order valence-corrected chi connectivity index (χ3v) is 4.10. The molecule has 0 bridgehead atoms. The zero-order valence-corrected chi connectivity index (χ0v) is 12.9. The third-order valence-electron chi connectivity index (χ3n) is 4.10. The van der Waals surface area contributed by atoms with Crippen LogP contribution in [0.5, 0.6) is 0 Å². The molecule has 1 saturated carbocycles. The van der Waals surface area contributed by atoms with E-state index in [0.717, 1.165) is 31.4 Å². The highest BCUT2D eigenvalue weighted by Gasteiger charge is 2.32. The number of hydrogen-bond acceptors (Lipinski definition) is 4. The number of benzene rings is 1. The lowest BCUT2D eigenvalue weighted by molar-refractivity contribution is 0.0559. The van der Waals surface area contributed by atoms with Gasteiger partial charge in [-0.3, -0.25) is 4.79 Å². The van der Waals surface area contributed by atoms with Crippen LogP contribution in [0.3, 0.4) is 0 Å². The zero-order chi connectivity index (χ0) is 15.5. The van der Waals surface area contributed by atoms with Gasteiger partial charge in [0.1, 0.15) is 0 Å². The number of nitrogen functional groups attached to an aromatic ring is 1. The topological polar surface area (TPSA) is 78.6 Å². The molecule has 4 N–H and O–H groups in total. The highest BCUT2D eigenvalue weighted by atomic mass is 16.3. The second-order valence-corrected chi connectivity index (χ2v) is 5.92. The third kappa shape index (κ3) is 3.67. The molecule has 0 saturated heterocycles. The second-order valence-electron chi connectivity index (χ2n) is 5.92. The molecule has 1 aliphatic carbocycles. The lowest BCUT2D eigenvalue weighted by Gasteiger charge is -2.30. The summed E-state index contributed by atoms with van der Waals surface area (Å²) in [6.45, 7) is 3.04. The summed E-state index contributed by atoms with van der Waals surface area (Å²) >= 11 is 0. The summed E-state index contributed by atoms with van der Waals surface area (Å²) < 4.78 is 0. The average molecular weight is 291 g/mol. The predicted octanol–water partition coefficient (Wildman–Crippen LogP) is 1.76. The normalized spacial score (nSPS) is 16.7. The summed E-state index contributed by atoms with van der Waals surface area (Å²) in [5.74, 6) is -0.118. The molecule has 0 radical (unpaired) electrons. The molecule has 0 unspecified atom stereocenters. The molecule has 21 heavy (non-hydrogen) atoms. The van der Waals surface area contributed by atoms with Gasteiger partial charge in [-0.1, -0.05) is 12.8 Å². The van der Waals surface area contributed by atoms with Gasteiger partial charge in [0.05, 0.1) is 17.0 Å². The Hall–Kier alpha value is -1.75. The number of nitrogens with zero attached hydrogens (tertiary/aromatic N) is 1. The Morgan fingerprint density at radius 1 is 1.43 bits per heavy atom. The van der Waals surface area contributed by atoms with Crippen LogP contribution in [0.1, 0.15) is 43.0 Å². The lowest BCUT2D eigenvalue weighted by Crippen LogP contribution is -2.39. The van der Waals surface area contributed by atoms with Crippen molar-refractivity contribution in [2.45, 2.75) is 38.2 Å². The van der Waals surface area contributed by atoms with E-state index in [9.17, 15) is 9.90 Å². The van der Waals surface area contributed by atoms with Crippen molar-refractivity contribution in [2.24, 2.45) is 0 Å². The van der Waals surface area contributed by atoms with Gasteiger partial charge in [-0.15, -0.1) is 0 Å². The second kappa shape index (κ2) is 6.35. The van der Waals surface area contributed by atoms with Gasteiger partial charge in [0.2, 0.25) is 0 Å². The van der Waals surface area contributed by atoms with Crippen molar-refractivity contribution in [1.29, 1.82) is 0 Å². The fourth-order valence-corrected chi connectivity index (χ4v) is 3.02. The molecule has 1 aromatic carbocycles. The molecule has 1 amide bonds. The number of rotatable bonds is 5. The summed E-state index contributed by atoms with van der Waals surface area (Å²) in [6.07, 6.45) is 3.84. The van der Waals surface area contributed by atoms with E-state index in [-0.39, 0.29) is 5.91 Å². The van der Waals surface area contributed by atoms with Gasteiger partial charge in [-0.2, -0.15) is 0 Å². The summed E-state index contributed by atoms with van der Waals surface area (Å²) in [5, 5.41) is 13.2. The Morgan fingerprint density at radius 2 is 2.10 bits per heavy atom. The van der Waals surface area contributed by atoms with E-state index in [2.05, 4.69) is 5.32 Å². The first-order valence-corrected chi connectivity index (χ1v) is 7.56. The highest BCUT2D eigenvalue weighted by Crippen LogP contribution is 2.32. The first-order valence-electron chi connectivity index (χ1n) is 7.56. The Bertz CT molecular complexity index is 510. The minimum atomic E-state index is -0.612. The number of likely N-dealkylation sites (N-methyl/N-ethyl adjacent to an activating group) is 1. The molecule has 0 spiro atoms. The van der Waals surface area contributed by atoms with Crippen LogP contribution < -0.4 is 16.0 Å². The fourth-order valence-electron chi connectivity index (χ4n) is 3.02. The molecule has 1 fully saturated rings. The molecule has 1 aliphatic rings. The number of nitrogens with one attached hydrogen (secondary N) is 1. The smallest absolute Gasteiger partial charge is 0.251 e. The van der Waals surface area contributed by atoms with Gasteiger partial charge in [-0.25, -0.2) is 0 Å². The molecule has 0 aliphatic heterocycles. The fraction of sp³-hybridized carbons (Fsp3) is 0.562. The average Bonchev–Trinajstić information content (AvgIpc) is 2.85. The van der Waals surface area contributed by atoms with Gasteiger partial charge in [0.25, 0.3) is 5.91 Å². The van der Waals surface area contributed by atoms with Crippen LogP contribution in [0.4, 0.5) is 11.4 Å². The minimum Gasteiger partial charge on any atom is -0.397 e. The maximum atomic E-state index is 11.8. The van der Waals surface area contributed by atoms with Gasteiger partial charge < -0.3 is 21.1 Å². The molecule has 2 rings (SSSR count). The SMILES string of the molecule is CCNC(=O)c1ccc(N(C)CC2(O)CCCC2)c(N)c1. The van der Waals surface area contributed by atoms with Crippen LogP contribution >= 0.6 is 0 Å². The van der Waals surface area contributed by atoms with Crippen molar-refractivity contribution >= 4 is 17.3 Å². The van der Waals surface area contributed by atoms with Crippen molar-refractivity contribution in [3.8, 4) is 0 Å². The quantitative estimate of drug-likeness (QED) is 0.722. The van der Waals surface area contributed by atoms with Crippen LogP contribution in [0.15, 0.2) is 18.2 Å². The zero-order valence-electron chi connectivity index (χ0n) is 12.9. The van der Waals surface area contributed by atoms with E-state index in [4.69, 9.17) is 5.73 Å². The summed E-state index contributed by atoms with van der Waals surface area (Å²) in [5.41, 5.74) is 7.43. The maximum absolute atomic E-state index is 11.8. The van der Waals surface area contributed by atoms with Crippen molar-refractivity contribution in [2.75, 3.05) is 30.8 Å². The van der Waals surface area contributed by atoms with Crippen LogP contribution in [0.2, 0.25) is 0 Å². The lowest BCUT2D eigenvalue weighted by atomic mass is 10.0. The first kappa shape index (κ1) is 15.6. The summed E-state index contributed by atoms with van der Waals surface area (Å²) in [6, 6.07) is 5.31. The largest absolute Gasteiger partial charge is 0.397 e. The standard InChI is InChI=1S/C16H25N3O2/c1-3-18-15(20)12-6-7-14(13(17)10-12)19(2)11-16(21)8-4-5-9-16/h6-7,10,21H,3-5,8-9,11,17H2,1-2H3,(H,18,20). The maximum Gasteiger partial charge on any atom is 0.251 e. The number of nitrogens with two attached hydrogens (primary N) is 1. The number of amides is 1. The van der Waals surface area contributed by atoms with E-state index < -0.39 is 5.60 Å². The van der Waals surface area contributed by atoms with Gasteiger partial charge in [-0.05, 0) is 38.0 Å². The molecular weight excluding hydrogens is 266 g/mol. The van der Waals surface area contributed by atoms with E-state index in [1.165, 1.54) is 0 Å². The molecular formula is C16H25N3O2. The predicted molar refractivity (Wildman–Crippen MR) is 85.5 cm³/mol. The van der Waals surface area contributed by atoms with E-state index in [1.807, 2.05) is 24.9 Å². The van der Waals surface area contributed by atoms with Gasteiger partial charge in [0, 0.05) is 25.7 Å². The Labute approximate surface area is 126 Å². The highest BCUT2D eigenvalue weighted by molar-refractivity contribution is 5.96. The number of aliphatic hydroxyl groups is 1. The van der Waals surface area contributed by atoms with Crippen molar-refractivity contribution in [3.05, 3.63) is 23.8 Å². The van der Waals surface area contributed by atoms with Crippen LogP contribution in [-0.2, 0) is 0 Å². The Balaban J connectivity index is 2.11. The number of hydrogen-bond donors (Lipinski definition) is 3. The van der Waals surface area contributed by atoms with Gasteiger partial charge in [0.15, 0.2) is 0 Å². The van der Waals surface area contributed by atoms with Crippen molar-refractivity contribution in [3.63, 3.8) is 0 Å². The van der Waals surface area contributed by atoms with E-state index >= 15 is 0 Å². The summed E-state index contributed by atoms with van der Waals surface area (Å²) in [4.78, 5) is 13.8. The van der Waals surface area contributed by atoms with Crippen molar-refractivity contribution < 1.29 is 9.90 Å². The molecule has 5 nitrogen and oxygen atoms in total. The van der Waals surface area contributed by atoms with Crippen molar-refractivity contribution in [1.82, 2.24) is 5.32 Å². The molecule has 1 aromatic rings. The molecule has 5 heteroatoms. The van der Waals surface area contributed by atoms with Crippen LogP contribution in [0.25, 0.3) is 0 Å². The number of carbonyl (C=O) groups is 1. The van der Waals surface area contributed by atoms with Gasteiger partial charge >= 0.3 is 0 Å². The van der Waals surface area contributed by atoms with E-state index in [1.54, 1.807) is 12.1 Å². The number of carbonyl (C=O) groups excluding carboxylic acids is 1. The number of anilines is 2. The first-order chi connectivity index (χ1) is 9.95. The Morgan fingerprint density at radius 3 is 2.67 bits per heavy atom.